The van der Waals surface area contributed by atoms with E-state index >= 15 is 0 Å². The highest BCUT2D eigenvalue weighted by atomic mass is 32.1. The van der Waals surface area contributed by atoms with E-state index in [0.29, 0.717) is 16.4 Å². The molecule has 2 heterocycles. The Morgan fingerprint density at radius 1 is 1.58 bits per heavy atom. The molecule has 0 saturated heterocycles. The molecular weight excluding hydrogens is 174 g/mol. The number of nitrogens with zero attached hydrogens (tertiary/aromatic N) is 2. The van der Waals surface area contributed by atoms with Crippen LogP contribution in [0.3, 0.4) is 0 Å². The highest BCUT2D eigenvalue weighted by molar-refractivity contribution is 7.78. The van der Waals surface area contributed by atoms with E-state index < -0.39 is 5.69 Å². The Bertz CT molecular complexity index is 551. The minimum atomic E-state index is -0.428. The molecule has 0 saturated carbocycles. The second-order valence-electron chi connectivity index (χ2n) is 2.20. The van der Waals surface area contributed by atoms with Crippen molar-refractivity contribution >= 4 is 23.3 Å². The first-order valence-electron chi connectivity index (χ1n) is 3.21. The van der Waals surface area contributed by atoms with Gasteiger partial charge in [-0.25, -0.2) is 4.79 Å². The molecule has 0 aliphatic carbocycles. The molecule has 4 nitrogen and oxygen atoms in total. The van der Waals surface area contributed by atoms with Gasteiger partial charge in [-0.15, -0.1) is 0 Å². The number of nitrogens with one attached hydrogen (secondary N) is 1. The van der Waals surface area contributed by atoms with Crippen LogP contribution in [0.1, 0.15) is 5.69 Å². The first-order chi connectivity index (χ1) is 5.81. The maximum atomic E-state index is 10.9. The fourth-order valence-corrected chi connectivity index (χ4v) is 1.14. The average molecular weight is 177 g/mol. The zero-order valence-electron chi connectivity index (χ0n) is 5.87. The number of rotatable bonds is 0. The van der Waals surface area contributed by atoms with Crippen molar-refractivity contribution in [1.29, 1.82) is 0 Å². The Balaban J connectivity index is 3.12. The lowest BCUT2D eigenvalue weighted by Crippen LogP contribution is -2.38. The van der Waals surface area contributed by atoms with E-state index in [1.54, 1.807) is 12.3 Å². The molecule has 1 N–H and O–H groups in total. The maximum Gasteiger partial charge on any atom is 0.346 e. The van der Waals surface area contributed by atoms with Crippen LogP contribution in [-0.4, -0.2) is 15.0 Å². The van der Waals surface area contributed by atoms with Gasteiger partial charge in [-0.2, -0.15) is 4.98 Å². The number of H-pyrrole nitrogens is 1. The molecule has 5 heteroatoms. The summed E-state index contributed by atoms with van der Waals surface area (Å²) in [6.07, 6.45) is 3.22. The van der Waals surface area contributed by atoms with Gasteiger partial charge in [0.25, 0.3) is 0 Å². The number of hydrogen-bond acceptors (Lipinski definition) is 4. The lowest BCUT2D eigenvalue weighted by Gasteiger charge is -1.86. The minimum absolute atomic E-state index is 0.421. The third-order valence-corrected chi connectivity index (χ3v) is 1.68. The smallest absolute Gasteiger partial charge is 0.297 e. The van der Waals surface area contributed by atoms with E-state index in [0.717, 1.165) is 0 Å². The van der Waals surface area contributed by atoms with E-state index in [1.165, 1.54) is 0 Å². The van der Waals surface area contributed by atoms with Crippen LogP contribution in [-0.2, 0) is 0 Å². The fraction of sp³-hybridized carbons (Fsp3) is 0. The van der Waals surface area contributed by atoms with Gasteiger partial charge in [0, 0.05) is 6.20 Å². The molecule has 0 radical (unpaired) electrons. The summed E-state index contributed by atoms with van der Waals surface area (Å²) in [4.78, 5) is 21.0. The van der Waals surface area contributed by atoms with Gasteiger partial charge in [-0.3, -0.25) is 9.98 Å². The summed E-state index contributed by atoms with van der Waals surface area (Å²) in [5.74, 6) is 0. The number of thiocarbonyl (C=S) groups is 1. The van der Waals surface area contributed by atoms with E-state index in [1.807, 2.05) is 0 Å². The summed E-state index contributed by atoms with van der Waals surface area (Å²) in [6, 6.07) is 0. The van der Waals surface area contributed by atoms with Crippen molar-refractivity contribution in [3.63, 3.8) is 0 Å². The third-order valence-electron chi connectivity index (χ3n) is 1.47. The maximum absolute atomic E-state index is 10.9. The molecule has 2 rings (SSSR count). The minimum Gasteiger partial charge on any atom is -0.297 e. The molecule has 0 bridgehead atoms. The normalized spacial score (nSPS) is 12.0. The molecule has 1 aliphatic rings. The molecule has 0 unspecified atom stereocenters. The van der Waals surface area contributed by atoms with Gasteiger partial charge in [0.2, 0.25) is 0 Å². The zero-order chi connectivity index (χ0) is 8.55. The summed E-state index contributed by atoms with van der Waals surface area (Å²) in [5.41, 5.74) is 0.119. The fourth-order valence-electron chi connectivity index (χ4n) is 0.988. The summed E-state index contributed by atoms with van der Waals surface area (Å²) >= 11 is 4.58. The van der Waals surface area contributed by atoms with Gasteiger partial charge in [0.05, 0.1) is 5.69 Å². The summed E-state index contributed by atoms with van der Waals surface area (Å²) in [5, 5.41) is 3.43. The Labute approximate surface area is 72.0 Å². The molecular formula is C7H3N3OS. The monoisotopic (exact) mass is 177 g/mol. The van der Waals surface area contributed by atoms with Crippen LogP contribution in [0.15, 0.2) is 16.0 Å². The van der Waals surface area contributed by atoms with Gasteiger partial charge in [0.1, 0.15) is 10.7 Å². The Kier molecular flexibility index (Phi) is 1.46. The van der Waals surface area contributed by atoms with Crippen LogP contribution in [0.25, 0.3) is 6.08 Å². The Morgan fingerprint density at radius 2 is 2.42 bits per heavy atom. The molecule has 0 spiro atoms. The van der Waals surface area contributed by atoms with Crippen LogP contribution in [0, 0.1) is 0 Å². The van der Waals surface area contributed by atoms with Crippen molar-refractivity contribution in [3.05, 3.63) is 33.1 Å². The topological polar surface area (TPSA) is 58.1 Å². The molecule has 1 aromatic rings. The molecule has 1 aromatic heterocycles. The Morgan fingerprint density at radius 3 is 3.17 bits per heavy atom. The lowest BCUT2D eigenvalue weighted by atomic mass is 10.4. The molecule has 0 aromatic carbocycles. The van der Waals surface area contributed by atoms with E-state index in [2.05, 4.69) is 32.2 Å². The van der Waals surface area contributed by atoms with Crippen LogP contribution < -0.4 is 16.4 Å². The van der Waals surface area contributed by atoms with Crippen LogP contribution in [0.4, 0.5) is 0 Å². The predicted octanol–water partition coefficient (Wildman–Crippen LogP) is -1.36. The van der Waals surface area contributed by atoms with Gasteiger partial charge >= 0.3 is 5.69 Å². The highest BCUT2D eigenvalue weighted by Gasteiger charge is 2.02. The first-order valence-corrected chi connectivity index (χ1v) is 3.62. The van der Waals surface area contributed by atoms with Crippen molar-refractivity contribution in [2.45, 2.75) is 0 Å². The second kappa shape index (κ2) is 2.48. The third kappa shape index (κ3) is 0.922. The van der Waals surface area contributed by atoms with Crippen molar-refractivity contribution in [2.75, 3.05) is 0 Å². The van der Waals surface area contributed by atoms with Crippen molar-refractivity contribution in [1.82, 2.24) is 9.97 Å². The van der Waals surface area contributed by atoms with E-state index in [-0.39, 0.29) is 0 Å². The molecule has 12 heavy (non-hydrogen) atoms. The molecule has 58 valence electrons. The second-order valence-corrected chi connectivity index (χ2v) is 2.40. The lowest BCUT2D eigenvalue weighted by molar-refractivity contribution is 1.00. The van der Waals surface area contributed by atoms with Gasteiger partial charge in [-0.05, 0) is 23.3 Å². The molecule has 0 fully saturated rings. The van der Waals surface area contributed by atoms with Crippen LogP contribution in [0.2, 0.25) is 0 Å². The summed E-state index contributed by atoms with van der Waals surface area (Å²) in [6.45, 7) is 0. The SMILES string of the molecule is O=c1nc2c(c(=C=S)[nH]1)=NC=C2. The van der Waals surface area contributed by atoms with E-state index in [4.69, 9.17) is 0 Å². The predicted molar refractivity (Wildman–Crippen MR) is 46.4 cm³/mol. The number of fused-ring (bicyclic) bond motifs is 1. The summed E-state index contributed by atoms with van der Waals surface area (Å²) in [7, 11) is 0. The molecule has 0 amide bonds. The van der Waals surface area contributed by atoms with Gasteiger partial charge in [0.15, 0.2) is 0 Å². The zero-order valence-corrected chi connectivity index (χ0v) is 6.68. The largest absolute Gasteiger partial charge is 0.346 e. The average Bonchev–Trinajstić information content (AvgIpc) is 2.50. The summed E-state index contributed by atoms with van der Waals surface area (Å²) < 4.78 is 0. The standard InChI is InChI=1S/C7H3N3OS/c11-7-9-4-1-2-8-6(4)5(3-12)10-7/h1-2H,(H,10,11). The van der Waals surface area contributed by atoms with Gasteiger partial charge < -0.3 is 0 Å². The van der Waals surface area contributed by atoms with Crippen molar-refractivity contribution < 1.29 is 0 Å². The number of hydrogen-bond donors (Lipinski definition) is 1. The molecule has 1 aliphatic heterocycles. The van der Waals surface area contributed by atoms with Crippen LogP contribution >= 0.6 is 12.2 Å². The van der Waals surface area contributed by atoms with E-state index in [9.17, 15) is 4.79 Å². The van der Waals surface area contributed by atoms with Crippen molar-refractivity contribution in [2.24, 2.45) is 4.99 Å². The quantitative estimate of drug-likeness (QED) is 0.498. The number of aromatic amines is 1. The number of aromatic nitrogens is 2. The van der Waals surface area contributed by atoms with Crippen molar-refractivity contribution in [3.8, 4) is 0 Å². The first kappa shape index (κ1) is 7.09. The highest BCUT2D eigenvalue weighted by Crippen LogP contribution is 1.90. The molecule has 0 atom stereocenters. The van der Waals surface area contributed by atoms with Crippen LogP contribution in [0.5, 0.6) is 0 Å². The Hall–Kier alpha value is -1.58. The van der Waals surface area contributed by atoms with Gasteiger partial charge in [-0.1, -0.05) is 0 Å².